The summed E-state index contributed by atoms with van der Waals surface area (Å²) in [4.78, 5) is 13.9. The standard InChI is InChI=1S/C14H25F3N2O/c1-10(2)7-19(8-11(3)4)12(20)13(14(15,16)17)5-6-18-9-13/h10-11,18H,5-9H2,1-4H3. The van der Waals surface area contributed by atoms with E-state index in [1.165, 1.54) is 4.90 Å². The summed E-state index contributed by atoms with van der Waals surface area (Å²) in [6.45, 7) is 8.32. The van der Waals surface area contributed by atoms with Crippen molar-refractivity contribution in [3.8, 4) is 0 Å². The van der Waals surface area contributed by atoms with Crippen LogP contribution >= 0.6 is 0 Å². The molecule has 6 heteroatoms. The van der Waals surface area contributed by atoms with E-state index in [1.54, 1.807) is 0 Å². The van der Waals surface area contributed by atoms with Gasteiger partial charge in [0.25, 0.3) is 0 Å². The molecule has 1 atom stereocenters. The Kier molecular flexibility index (Phi) is 5.46. The molecule has 0 spiro atoms. The third-order valence-corrected chi connectivity index (χ3v) is 3.57. The smallest absolute Gasteiger partial charge is 0.341 e. The minimum absolute atomic E-state index is 0.150. The third kappa shape index (κ3) is 3.65. The van der Waals surface area contributed by atoms with Gasteiger partial charge in [-0.3, -0.25) is 4.79 Å². The Balaban J connectivity index is 3.01. The summed E-state index contributed by atoms with van der Waals surface area (Å²) in [6.07, 6.45) is -4.66. The Bertz CT molecular complexity index is 324. The zero-order valence-electron chi connectivity index (χ0n) is 12.7. The van der Waals surface area contributed by atoms with Gasteiger partial charge in [-0.05, 0) is 24.8 Å². The van der Waals surface area contributed by atoms with Gasteiger partial charge < -0.3 is 10.2 Å². The number of nitrogens with one attached hydrogen (secondary N) is 1. The van der Waals surface area contributed by atoms with Crippen LogP contribution in [0.25, 0.3) is 0 Å². The van der Waals surface area contributed by atoms with Crippen molar-refractivity contribution in [3.05, 3.63) is 0 Å². The molecule has 1 amide bonds. The van der Waals surface area contributed by atoms with Crippen molar-refractivity contribution in [1.29, 1.82) is 0 Å². The Morgan fingerprint density at radius 1 is 1.20 bits per heavy atom. The fourth-order valence-corrected chi connectivity index (χ4v) is 2.66. The minimum atomic E-state index is -4.50. The zero-order valence-corrected chi connectivity index (χ0v) is 12.7. The van der Waals surface area contributed by atoms with Gasteiger partial charge >= 0.3 is 6.18 Å². The maximum absolute atomic E-state index is 13.4. The van der Waals surface area contributed by atoms with Crippen molar-refractivity contribution >= 4 is 5.91 Å². The molecule has 1 fully saturated rings. The van der Waals surface area contributed by atoms with Crippen molar-refractivity contribution in [2.45, 2.75) is 40.3 Å². The summed E-state index contributed by atoms with van der Waals surface area (Å²) >= 11 is 0. The third-order valence-electron chi connectivity index (χ3n) is 3.57. The highest BCUT2D eigenvalue weighted by Crippen LogP contribution is 2.44. The first kappa shape index (κ1) is 17.3. The Morgan fingerprint density at radius 3 is 2.00 bits per heavy atom. The highest BCUT2D eigenvalue weighted by molar-refractivity contribution is 5.84. The molecule has 1 aliphatic heterocycles. The van der Waals surface area contributed by atoms with Crippen molar-refractivity contribution in [3.63, 3.8) is 0 Å². The molecule has 0 bridgehead atoms. The predicted octanol–water partition coefficient (Wildman–Crippen LogP) is 2.67. The van der Waals surface area contributed by atoms with E-state index < -0.39 is 17.5 Å². The Morgan fingerprint density at radius 2 is 1.70 bits per heavy atom. The van der Waals surface area contributed by atoms with Crippen molar-refractivity contribution in [1.82, 2.24) is 10.2 Å². The molecular formula is C14H25F3N2O. The molecule has 1 N–H and O–H groups in total. The molecule has 3 nitrogen and oxygen atoms in total. The van der Waals surface area contributed by atoms with Gasteiger partial charge in [0.05, 0.1) is 0 Å². The van der Waals surface area contributed by atoms with E-state index in [1.807, 2.05) is 27.7 Å². The second-order valence-corrected chi connectivity index (χ2v) is 6.50. The van der Waals surface area contributed by atoms with Crippen LogP contribution in [0.2, 0.25) is 0 Å². The van der Waals surface area contributed by atoms with Crippen LogP contribution in [0.15, 0.2) is 0 Å². The Labute approximate surface area is 118 Å². The highest BCUT2D eigenvalue weighted by Gasteiger charge is 2.62. The van der Waals surface area contributed by atoms with Crippen LogP contribution in [0.1, 0.15) is 34.1 Å². The average Bonchev–Trinajstić information content (AvgIpc) is 2.75. The van der Waals surface area contributed by atoms with Gasteiger partial charge in [-0.2, -0.15) is 13.2 Å². The number of nitrogens with zero attached hydrogens (tertiary/aromatic N) is 1. The van der Waals surface area contributed by atoms with Crippen LogP contribution in [-0.2, 0) is 4.79 Å². The van der Waals surface area contributed by atoms with Gasteiger partial charge in [0, 0.05) is 19.6 Å². The average molecular weight is 294 g/mol. The van der Waals surface area contributed by atoms with Gasteiger partial charge in [-0.25, -0.2) is 0 Å². The lowest BCUT2D eigenvalue weighted by Gasteiger charge is -2.36. The molecule has 1 heterocycles. The second kappa shape index (κ2) is 6.33. The van der Waals surface area contributed by atoms with Gasteiger partial charge in [-0.15, -0.1) is 0 Å². The molecule has 1 saturated heterocycles. The van der Waals surface area contributed by atoms with E-state index in [2.05, 4.69) is 5.32 Å². The van der Waals surface area contributed by atoms with Crippen LogP contribution in [0.5, 0.6) is 0 Å². The lowest BCUT2D eigenvalue weighted by Crippen LogP contribution is -2.55. The van der Waals surface area contributed by atoms with Gasteiger partial charge in [0.2, 0.25) is 5.91 Å². The van der Waals surface area contributed by atoms with Crippen molar-refractivity contribution in [2.75, 3.05) is 26.2 Å². The van der Waals surface area contributed by atoms with Crippen LogP contribution in [0, 0.1) is 17.3 Å². The lowest BCUT2D eigenvalue weighted by atomic mass is 9.84. The quantitative estimate of drug-likeness (QED) is 0.845. The first-order chi connectivity index (χ1) is 9.10. The molecular weight excluding hydrogens is 269 g/mol. The van der Waals surface area contributed by atoms with E-state index in [9.17, 15) is 18.0 Å². The van der Waals surface area contributed by atoms with E-state index in [0.717, 1.165) is 0 Å². The maximum atomic E-state index is 13.4. The van der Waals surface area contributed by atoms with Crippen molar-refractivity contribution in [2.24, 2.45) is 17.3 Å². The number of rotatable bonds is 5. The summed E-state index contributed by atoms with van der Waals surface area (Å²) in [5.41, 5.74) is -2.24. The fourth-order valence-electron chi connectivity index (χ4n) is 2.66. The lowest BCUT2D eigenvalue weighted by molar-refractivity contribution is -0.222. The summed E-state index contributed by atoms with van der Waals surface area (Å²) in [5, 5.41) is 2.69. The molecule has 0 radical (unpaired) electrons. The maximum Gasteiger partial charge on any atom is 0.404 e. The summed E-state index contributed by atoms with van der Waals surface area (Å²) in [7, 11) is 0. The SMILES string of the molecule is CC(C)CN(CC(C)C)C(=O)C1(C(F)(F)F)CCNC1. The van der Waals surface area contributed by atoms with Crippen LogP contribution in [0.4, 0.5) is 13.2 Å². The molecule has 0 aliphatic carbocycles. The number of carbonyl (C=O) groups excluding carboxylic acids is 1. The largest absolute Gasteiger partial charge is 0.404 e. The van der Waals surface area contributed by atoms with Gasteiger partial charge in [0.1, 0.15) is 0 Å². The number of amides is 1. The van der Waals surface area contributed by atoms with Crippen LogP contribution in [-0.4, -0.2) is 43.2 Å². The number of hydrogen-bond acceptors (Lipinski definition) is 2. The number of alkyl halides is 3. The van der Waals surface area contributed by atoms with E-state index in [-0.39, 0.29) is 31.3 Å². The second-order valence-electron chi connectivity index (χ2n) is 6.50. The molecule has 118 valence electrons. The topological polar surface area (TPSA) is 32.3 Å². The Hall–Kier alpha value is -0.780. The van der Waals surface area contributed by atoms with Gasteiger partial charge in [0.15, 0.2) is 5.41 Å². The first-order valence-corrected chi connectivity index (χ1v) is 7.17. The van der Waals surface area contributed by atoms with Crippen LogP contribution < -0.4 is 5.32 Å². The first-order valence-electron chi connectivity index (χ1n) is 7.17. The van der Waals surface area contributed by atoms with E-state index in [4.69, 9.17) is 0 Å². The summed E-state index contributed by atoms with van der Waals surface area (Å²) < 4.78 is 40.2. The van der Waals surface area contributed by atoms with E-state index >= 15 is 0 Å². The molecule has 0 aromatic rings. The van der Waals surface area contributed by atoms with Gasteiger partial charge in [-0.1, -0.05) is 27.7 Å². The molecule has 0 aromatic heterocycles. The van der Waals surface area contributed by atoms with Crippen LogP contribution in [0.3, 0.4) is 0 Å². The molecule has 20 heavy (non-hydrogen) atoms. The molecule has 1 rings (SSSR count). The summed E-state index contributed by atoms with van der Waals surface area (Å²) in [6, 6.07) is 0. The minimum Gasteiger partial charge on any atom is -0.341 e. The molecule has 1 aliphatic rings. The summed E-state index contributed by atoms with van der Waals surface area (Å²) in [5.74, 6) is -0.466. The predicted molar refractivity (Wildman–Crippen MR) is 72.2 cm³/mol. The number of hydrogen-bond donors (Lipinski definition) is 1. The molecule has 0 aromatic carbocycles. The van der Waals surface area contributed by atoms with E-state index in [0.29, 0.717) is 13.1 Å². The number of carbonyl (C=O) groups is 1. The van der Waals surface area contributed by atoms with Crippen molar-refractivity contribution < 1.29 is 18.0 Å². The number of halogens is 3. The monoisotopic (exact) mass is 294 g/mol. The normalized spacial score (nSPS) is 23.6. The fraction of sp³-hybridized carbons (Fsp3) is 0.929. The molecule has 0 saturated carbocycles. The highest BCUT2D eigenvalue weighted by atomic mass is 19.4. The zero-order chi connectivity index (χ0) is 15.6. The molecule has 1 unspecified atom stereocenters.